The number of fused-ring (bicyclic) bond motifs is 1. The lowest BCUT2D eigenvalue weighted by molar-refractivity contribution is 0.187. The second kappa shape index (κ2) is 11.1. The summed E-state index contributed by atoms with van der Waals surface area (Å²) in [7, 11) is -0.138. The summed E-state index contributed by atoms with van der Waals surface area (Å²) >= 11 is 0. The summed E-state index contributed by atoms with van der Waals surface area (Å²) in [5.41, 5.74) is 0.0706. The molecule has 0 amide bonds. The maximum Gasteiger partial charge on any atom is 0.297 e. The van der Waals surface area contributed by atoms with Gasteiger partial charge in [0.25, 0.3) is 11.6 Å². The summed E-state index contributed by atoms with van der Waals surface area (Å²) in [6.07, 6.45) is 2.09. The molecule has 39 heavy (non-hydrogen) atoms. The molecule has 3 aromatic rings. The van der Waals surface area contributed by atoms with Gasteiger partial charge in [0.05, 0.1) is 0 Å². The topological polar surface area (TPSA) is 79.8 Å². The predicted molar refractivity (Wildman–Crippen MR) is 160 cm³/mol. The van der Waals surface area contributed by atoms with Crippen LogP contribution in [0.5, 0.6) is 11.8 Å². The fraction of sp³-hybridized carbons (Fsp3) is 0.433. The van der Waals surface area contributed by atoms with E-state index in [1.165, 1.54) is 6.92 Å². The smallest absolute Gasteiger partial charge is 0.297 e. The van der Waals surface area contributed by atoms with Crippen molar-refractivity contribution in [1.82, 2.24) is 14.9 Å². The highest BCUT2D eigenvalue weighted by Gasteiger charge is 2.39. The number of aliphatic imine (C=N–C) groups is 1. The molecular formula is C30H39FN4O3Si. The van der Waals surface area contributed by atoms with Crippen LogP contribution in [0.3, 0.4) is 0 Å². The molecule has 0 aliphatic carbocycles. The van der Waals surface area contributed by atoms with E-state index >= 15 is 4.39 Å². The van der Waals surface area contributed by atoms with Crippen molar-refractivity contribution in [3.8, 4) is 11.8 Å². The lowest BCUT2D eigenvalue weighted by Crippen LogP contribution is -2.43. The Balaban J connectivity index is 1.81. The second-order valence-electron chi connectivity index (χ2n) is 11.8. The molecule has 0 bridgehead atoms. The minimum atomic E-state index is -2.18. The van der Waals surface area contributed by atoms with Crippen LogP contribution in [0.25, 0.3) is 22.3 Å². The Morgan fingerprint density at radius 1 is 1.28 bits per heavy atom. The molecule has 4 rings (SSSR count). The van der Waals surface area contributed by atoms with Crippen LogP contribution in [0.2, 0.25) is 18.1 Å². The maximum absolute atomic E-state index is 16.3. The molecule has 1 atom stereocenters. The lowest BCUT2D eigenvalue weighted by Gasteiger charge is -2.36. The number of likely N-dealkylation sites (tertiary alicyclic amines) is 1. The molecule has 0 saturated carbocycles. The van der Waals surface area contributed by atoms with Crippen molar-refractivity contribution in [3.63, 3.8) is 0 Å². The fourth-order valence-electron chi connectivity index (χ4n) is 4.53. The van der Waals surface area contributed by atoms with Gasteiger partial charge in [0.15, 0.2) is 5.83 Å². The number of rotatable bonds is 8. The van der Waals surface area contributed by atoms with Gasteiger partial charge < -0.3 is 14.1 Å². The minimum Gasteiger partial charge on any atom is -0.543 e. The van der Waals surface area contributed by atoms with Gasteiger partial charge in [0.2, 0.25) is 8.32 Å². The highest BCUT2D eigenvalue weighted by Crippen LogP contribution is 2.40. The number of benzene rings is 2. The largest absolute Gasteiger partial charge is 0.543 e. The van der Waals surface area contributed by atoms with E-state index in [4.69, 9.17) is 9.16 Å². The number of halogens is 1. The van der Waals surface area contributed by atoms with Crippen molar-refractivity contribution in [1.29, 1.82) is 0 Å². The van der Waals surface area contributed by atoms with Crippen LogP contribution in [0.15, 0.2) is 46.2 Å². The number of aromatic amines is 1. The fourth-order valence-corrected chi connectivity index (χ4v) is 5.54. The van der Waals surface area contributed by atoms with Crippen molar-refractivity contribution in [2.75, 3.05) is 20.2 Å². The summed E-state index contributed by atoms with van der Waals surface area (Å²) in [6.45, 7) is 17.4. The highest BCUT2D eigenvalue weighted by molar-refractivity contribution is 6.74. The van der Waals surface area contributed by atoms with E-state index in [-0.39, 0.29) is 34.0 Å². The van der Waals surface area contributed by atoms with Crippen molar-refractivity contribution < 1.29 is 13.6 Å². The van der Waals surface area contributed by atoms with Gasteiger partial charge in [-0.15, -0.1) is 0 Å². The first kappa shape index (κ1) is 28.7. The number of hydrogen-bond donors (Lipinski definition) is 1. The average molecular weight is 551 g/mol. The van der Waals surface area contributed by atoms with Gasteiger partial charge in [-0.2, -0.15) is 4.98 Å². The number of nitrogens with one attached hydrogen (secondary N) is 1. The molecule has 2 heterocycles. The molecule has 1 saturated heterocycles. The maximum atomic E-state index is 16.3. The zero-order valence-electron chi connectivity index (χ0n) is 24.0. The van der Waals surface area contributed by atoms with Crippen LogP contribution >= 0.6 is 0 Å². The summed E-state index contributed by atoms with van der Waals surface area (Å²) in [4.78, 5) is 26.1. The molecule has 1 aliphatic heterocycles. The Morgan fingerprint density at radius 2 is 2.00 bits per heavy atom. The van der Waals surface area contributed by atoms with E-state index in [2.05, 4.69) is 60.4 Å². The Morgan fingerprint density at radius 3 is 2.64 bits per heavy atom. The van der Waals surface area contributed by atoms with Crippen LogP contribution < -0.4 is 14.7 Å². The number of likely N-dealkylation sites (N-methyl/N-ethyl adjacent to an activating group) is 1. The third-order valence-electron chi connectivity index (χ3n) is 8.06. The van der Waals surface area contributed by atoms with Gasteiger partial charge in [-0.3, -0.25) is 14.8 Å². The predicted octanol–water partition coefficient (Wildman–Crippen LogP) is 6.58. The molecule has 1 aromatic heterocycles. The Bertz CT molecular complexity index is 1480. The number of ether oxygens (including phenoxy) is 1. The van der Waals surface area contributed by atoms with E-state index in [9.17, 15) is 4.79 Å². The lowest BCUT2D eigenvalue weighted by atomic mass is 10.00. The molecule has 0 unspecified atom stereocenters. The molecule has 1 N–H and O–H groups in total. The number of aromatic nitrogens is 2. The first-order valence-corrected chi connectivity index (χ1v) is 16.3. The standard InChI is InChI=1S/C30H39FN4O3Si/c1-19-26(33-29(34-28(19)36)37-18-21-13-11-15-35(21)6)25(31)27(32-5)24-17-22(38-39(7,8)30(2,3)4)16-20-12-9-10-14-23(20)24/h9-10,12,14,16-17,21H,5,11,13,15,18H2,1-4,6-8H3,(H,33,34,36)/b27-25+/t21-/m0/s1. The van der Waals surface area contributed by atoms with Crippen molar-refractivity contribution in [2.45, 2.75) is 64.7 Å². The molecule has 0 spiro atoms. The average Bonchev–Trinajstić information content (AvgIpc) is 3.28. The van der Waals surface area contributed by atoms with E-state index in [0.717, 1.165) is 30.2 Å². The van der Waals surface area contributed by atoms with E-state index < -0.39 is 19.7 Å². The third kappa shape index (κ3) is 5.99. The summed E-state index contributed by atoms with van der Waals surface area (Å²) in [5.74, 6) is -0.101. The third-order valence-corrected chi connectivity index (χ3v) is 12.4. The van der Waals surface area contributed by atoms with Crippen LogP contribution in [-0.2, 0) is 0 Å². The van der Waals surface area contributed by atoms with Crippen LogP contribution in [0.4, 0.5) is 4.39 Å². The van der Waals surface area contributed by atoms with Crippen LogP contribution in [0, 0.1) is 6.92 Å². The highest BCUT2D eigenvalue weighted by atomic mass is 28.4. The zero-order valence-corrected chi connectivity index (χ0v) is 25.0. The first-order chi connectivity index (χ1) is 18.3. The van der Waals surface area contributed by atoms with E-state index in [1.807, 2.05) is 43.4 Å². The minimum absolute atomic E-state index is 0.00504. The molecule has 7 nitrogen and oxygen atoms in total. The summed E-state index contributed by atoms with van der Waals surface area (Å²) in [5, 5.41) is 1.66. The summed E-state index contributed by atoms with van der Waals surface area (Å²) < 4.78 is 28.7. The molecular weight excluding hydrogens is 511 g/mol. The molecule has 9 heteroatoms. The van der Waals surface area contributed by atoms with Crippen molar-refractivity contribution in [3.05, 3.63) is 63.6 Å². The first-order valence-electron chi connectivity index (χ1n) is 13.4. The van der Waals surface area contributed by atoms with E-state index in [0.29, 0.717) is 17.9 Å². The molecule has 1 fully saturated rings. The van der Waals surface area contributed by atoms with Crippen LogP contribution in [-0.4, -0.2) is 56.1 Å². The molecule has 0 radical (unpaired) electrons. The normalized spacial score (nSPS) is 17.3. The van der Waals surface area contributed by atoms with Crippen molar-refractivity contribution >= 4 is 37.3 Å². The number of hydrogen-bond acceptors (Lipinski definition) is 6. The molecule has 2 aromatic carbocycles. The number of H-pyrrole nitrogens is 1. The van der Waals surface area contributed by atoms with E-state index in [1.54, 1.807) is 0 Å². The van der Waals surface area contributed by atoms with Gasteiger partial charge in [0.1, 0.15) is 23.7 Å². The van der Waals surface area contributed by atoms with Crippen LogP contribution in [0.1, 0.15) is 50.4 Å². The molecule has 1 aliphatic rings. The molecule has 208 valence electrons. The zero-order chi connectivity index (χ0) is 28.5. The number of nitrogens with zero attached hydrogens (tertiary/aromatic N) is 3. The second-order valence-corrected chi connectivity index (χ2v) is 16.5. The monoisotopic (exact) mass is 550 g/mol. The Hall–Kier alpha value is -3.30. The van der Waals surface area contributed by atoms with Gasteiger partial charge in [-0.1, -0.05) is 45.0 Å². The summed E-state index contributed by atoms with van der Waals surface area (Å²) in [6, 6.07) is 11.7. The Kier molecular flexibility index (Phi) is 8.14. The Labute approximate surface area is 230 Å². The van der Waals surface area contributed by atoms with Gasteiger partial charge in [-0.05, 0) is 81.1 Å². The quantitative estimate of drug-likeness (QED) is 0.253. The van der Waals surface area contributed by atoms with Gasteiger partial charge >= 0.3 is 0 Å². The van der Waals surface area contributed by atoms with Crippen molar-refractivity contribution in [2.24, 2.45) is 4.99 Å². The van der Waals surface area contributed by atoms with Gasteiger partial charge in [-0.25, -0.2) is 4.39 Å². The SMILES string of the molecule is C=N/C(=C(/F)c1nc(OC[C@@H]2CCCN2C)[nH]c(=O)c1C)c1cc(O[Si](C)(C)C(C)(C)C)cc2ccccc12. The van der Waals surface area contributed by atoms with Gasteiger partial charge in [0, 0.05) is 17.2 Å².